The van der Waals surface area contributed by atoms with Gasteiger partial charge in [-0.3, -0.25) is 29.9 Å². The van der Waals surface area contributed by atoms with Crippen LogP contribution in [0.4, 0.5) is 17.1 Å². The van der Waals surface area contributed by atoms with Crippen LogP contribution in [0.15, 0.2) is 65.8 Å². The third kappa shape index (κ3) is 12.9. The van der Waals surface area contributed by atoms with Crippen molar-refractivity contribution in [1.82, 2.24) is 16.1 Å². The third-order valence-electron chi connectivity index (χ3n) is 10.2. The molecule has 3 aromatic rings. The van der Waals surface area contributed by atoms with E-state index >= 15 is 0 Å². The fraction of sp³-hybridized carbons (Fsp3) is 0.537. The summed E-state index contributed by atoms with van der Waals surface area (Å²) in [5, 5.41) is 6.36. The summed E-state index contributed by atoms with van der Waals surface area (Å²) >= 11 is 0. The molecule has 0 saturated carbocycles. The van der Waals surface area contributed by atoms with Crippen LogP contribution in [0.2, 0.25) is 0 Å². The van der Waals surface area contributed by atoms with E-state index in [9.17, 15) is 26.4 Å². The van der Waals surface area contributed by atoms with Crippen LogP contribution in [0.1, 0.15) is 116 Å². The number of hydrogen-bond acceptors (Lipinski definition) is 8. The lowest BCUT2D eigenvalue weighted by molar-refractivity contribution is -0.692. The van der Waals surface area contributed by atoms with Crippen LogP contribution in [-0.2, 0) is 36.2 Å². The molecular formula is C41H62N7O6S2+. The Hall–Kier alpha value is -4.21. The number of sulfonamides is 2. The number of carbonyl (C=O) groups excluding carboxylic acids is 2. The standard InChI is InChI=1S/C41H61N7O6S2/c1-9-11-13-31(14-12-10-2)32-21-23-48(24-22-32)25-26-55(51,52)46-37-29(3)15-20-36(30(37)4)56(53,54)45-34-18-16-33(17-19-34)43-44-39(50)38(49)42-35-27-40(5,6)47-41(7,8)28-35/h15-24,31,35,46-47H,9-14,25-28H2,1-8H3,(H3-,42,43,44,45,49,50)/p+1. The quantitative estimate of drug-likeness (QED) is 0.0502. The SMILES string of the molecule is CCCCC(CCCC)c1cc[n+](CCS(=O)(=O)Nc2c(C)ccc(S(=O)(=O)Nc3ccc(NNC(=O)C(=O)NC4CC(C)(C)NC(C)(C)C4)cc3)c2C)cc1. The van der Waals surface area contributed by atoms with Gasteiger partial charge in [0.2, 0.25) is 10.0 Å². The zero-order chi connectivity index (χ0) is 41.3. The summed E-state index contributed by atoms with van der Waals surface area (Å²) in [6.45, 7) is 16.2. The normalized spacial score (nSPS) is 15.6. The molecule has 0 aliphatic carbocycles. The third-order valence-corrected chi connectivity index (χ3v) is 12.9. The lowest BCUT2D eigenvalue weighted by Gasteiger charge is -2.46. The van der Waals surface area contributed by atoms with E-state index in [1.165, 1.54) is 48.7 Å². The van der Waals surface area contributed by atoms with Gasteiger partial charge in [0, 0.05) is 34.9 Å². The monoisotopic (exact) mass is 812 g/mol. The maximum atomic E-state index is 13.6. The molecule has 0 spiro atoms. The van der Waals surface area contributed by atoms with Crippen molar-refractivity contribution < 1.29 is 31.0 Å². The van der Waals surface area contributed by atoms with Crippen LogP contribution in [0.5, 0.6) is 0 Å². The van der Waals surface area contributed by atoms with Crippen LogP contribution >= 0.6 is 0 Å². The molecule has 56 heavy (non-hydrogen) atoms. The zero-order valence-corrected chi connectivity index (χ0v) is 35.8. The number of benzene rings is 2. The number of anilines is 3. The van der Waals surface area contributed by atoms with Gasteiger partial charge in [-0.25, -0.2) is 21.4 Å². The Balaban J connectivity index is 1.34. The Kier molecular flexibility index (Phi) is 15.0. The smallest absolute Gasteiger partial charge is 0.327 e. The highest BCUT2D eigenvalue weighted by atomic mass is 32.2. The summed E-state index contributed by atoms with van der Waals surface area (Å²) in [6, 6.07) is 13.1. The fourth-order valence-corrected chi connectivity index (χ4v) is 10.2. The van der Waals surface area contributed by atoms with Gasteiger partial charge in [0.05, 0.1) is 16.3 Å². The number of amides is 2. The highest BCUT2D eigenvalue weighted by Gasteiger charge is 2.38. The van der Waals surface area contributed by atoms with Gasteiger partial charge in [-0.05, 0) is 120 Å². The van der Waals surface area contributed by atoms with Crippen molar-refractivity contribution in [2.24, 2.45) is 0 Å². The molecule has 1 fully saturated rings. The molecule has 15 heteroatoms. The predicted octanol–water partition coefficient (Wildman–Crippen LogP) is 6.17. The summed E-state index contributed by atoms with van der Waals surface area (Å²) < 4.78 is 60.7. The van der Waals surface area contributed by atoms with Crippen LogP contribution in [0.25, 0.3) is 0 Å². The molecule has 1 aliphatic heterocycles. The fourth-order valence-electron chi connectivity index (χ4n) is 7.67. The van der Waals surface area contributed by atoms with Crippen molar-refractivity contribution in [1.29, 1.82) is 0 Å². The first-order valence-electron chi connectivity index (χ1n) is 19.6. The van der Waals surface area contributed by atoms with Crippen molar-refractivity contribution in [3.8, 4) is 0 Å². The van der Waals surface area contributed by atoms with E-state index in [1.807, 2.05) is 17.0 Å². The van der Waals surface area contributed by atoms with Crippen LogP contribution in [-0.4, -0.2) is 51.5 Å². The van der Waals surface area contributed by atoms with Crippen molar-refractivity contribution in [3.63, 3.8) is 0 Å². The average molecular weight is 813 g/mol. The van der Waals surface area contributed by atoms with Crippen LogP contribution in [0, 0.1) is 13.8 Å². The largest absolute Gasteiger partial charge is 0.345 e. The van der Waals surface area contributed by atoms with Gasteiger partial charge < -0.3 is 10.6 Å². The number of pyridine rings is 1. The number of carbonyl (C=O) groups is 2. The molecule has 1 saturated heterocycles. The molecule has 0 unspecified atom stereocenters. The first-order valence-corrected chi connectivity index (χ1v) is 22.8. The first-order chi connectivity index (χ1) is 26.2. The molecular weight excluding hydrogens is 751 g/mol. The Morgan fingerprint density at radius 2 is 1.38 bits per heavy atom. The van der Waals surface area contributed by atoms with Crippen LogP contribution < -0.4 is 35.5 Å². The number of nitrogens with one attached hydrogen (secondary N) is 6. The predicted molar refractivity (Wildman–Crippen MR) is 223 cm³/mol. The number of piperidine rings is 1. The second-order valence-corrected chi connectivity index (χ2v) is 19.9. The first kappa shape index (κ1) is 44.5. The molecule has 13 nitrogen and oxygen atoms in total. The molecule has 4 rings (SSSR count). The topological polar surface area (TPSA) is 178 Å². The van der Waals surface area contributed by atoms with Crippen LogP contribution in [0.3, 0.4) is 0 Å². The number of unbranched alkanes of at least 4 members (excludes halogenated alkanes) is 2. The number of nitrogens with zero attached hydrogens (tertiary/aromatic N) is 1. The van der Waals surface area contributed by atoms with E-state index in [4.69, 9.17) is 0 Å². The van der Waals surface area contributed by atoms with Gasteiger partial charge in [-0.1, -0.05) is 45.6 Å². The second kappa shape index (κ2) is 18.8. The summed E-state index contributed by atoms with van der Waals surface area (Å²) in [6.07, 6.45) is 12.2. The molecule has 6 N–H and O–H groups in total. The summed E-state index contributed by atoms with van der Waals surface area (Å²) in [4.78, 5) is 25.1. The van der Waals surface area contributed by atoms with Gasteiger partial charge in [0.25, 0.3) is 10.0 Å². The Morgan fingerprint density at radius 1 is 0.804 bits per heavy atom. The van der Waals surface area contributed by atoms with Gasteiger partial charge in [0.15, 0.2) is 18.9 Å². The van der Waals surface area contributed by atoms with Gasteiger partial charge in [-0.2, -0.15) is 0 Å². The van der Waals surface area contributed by atoms with E-state index in [0.717, 1.165) is 25.7 Å². The zero-order valence-electron chi connectivity index (χ0n) is 34.2. The minimum atomic E-state index is -4.13. The van der Waals surface area contributed by atoms with E-state index in [0.29, 0.717) is 30.0 Å². The number of aryl methyl sites for hydroxylation is 2. The summed E-state index contributed by atoms with van der Waals surface area (Å²) in [5.74, 6) is -1.30. The molecule has 0 bridgehead atoms. The highest BCUT2D eigenvalue weighted by Crippen LogP contribution is 2.31. The molecule has 0 radical (unpaired) electrons. The Labute approximate surface area is 334 Å². The van der Waals surface area contributed by atoms with E-state index < -0.39 is 31.9 Å². The maximum absolute atomic E-state index is 13.6. The summed E-state index contributed by atoms with van der Waals surface area (Å²) in [5.41, 5.74) is 7.67. The van der Waals surface area contributed by atoms with Crippen molar-refractivity contribution in [2.45, 2.75) is 141 Å². The number of hydrogen-bond donors (Lipinski definition) is 6. The molecule has 1 aromatic heterocycles. The van der Waals surface area contributed by atoms with Crippen molar-refractivity contribution in [2.75, 3.05) is 20.6 Å². The Bertz CT molecular complexity index is 2010. The molecule has 2 aromatic carbocycles. The van der Waals surface area contributed by atoms with Gasteiger partial charge >= 0.3 is 11.8 Å². The molecule has 2 amide bonds. The maximum Gasteiger partial charge on any atom is 0.327 e. The lowest BCUT2D eigenvalue weighted by atomic mass is 9.79. The van der Waals surface area contributed by atoms with E-state index in [1.54, 1.807) is 19.9 Å². The van der Waals surface area contributed by atoms with E-state index in [-0.39, 0.29) is 51.3 Å². The second-order valence-electron chi connectivity index (χ2n) is 16.4. The van der Waals surface area contributed by atoms with Crippen molar-refractivity contribution in [3.05, 3.63) is 77.6 Å². The number of rotatable bonds is 18. The minimum absolute atomic E-state index is 0.0764. The van der Waals surface area contributed by atoms with E-state index in [2.05, 4.69) is 84.6 Å². The number of hydrazine groups is 1. The van der Waals surface area contributed by atoms with Gasteiger partial charge in [-0.15, -0.1) is 0 Å². The highest BCUT2D eigenvalue weighted by molar-refractivity contribution is 7.93. The molecule has 308 valence electrons. The van der Waals surface area contributed by atoms with Gasteiger partial charge in [0.1, 0.15) is 5.75 Å². The Morgan fingerprint density at radius 3 is 1.95 bits per heavy atom. The minimum Gasteiger partial charge on any atom is -0.345 e. The lowest BCUT2D eigenvalue weighted by Crippen LogP contribution is -2.63. The van der Waals surface area contributed by atoms with Crippen molar-refractivity contribution >= 4 is 48.9 Å². The molecule has 1 aliphatic rings. The average Bonchev–Trinajstić information content (AvgIpc) is 3.11. The molecule has 0 atom stereocenters. The number of aromatic nitrogens is 1. The summed E-state index contributed by atoms with van der Waals surface area (Å²) in [7, 11) is -7.97. The molecule has 2 heterocycles.